The van der Waals surface area contributed by atoms with E-state index in [1.54, 1.807) is 0 Å². The maximum absolute atomic E-state index is 6.07. The number of nitrogens with one attached hydrogen (secondary N) is 1. The van der Waals surface area contributed by atoms with Gasteiger partial charge in [-0.3, -0.25) is 0 Å². The number of halogens is 1. The Labute approximate surface area is 146 Å². The highest BCUT2D eigenvalue weighted by Gasteiger charge is 2.21. The number of hydrogen-bond donors (Lipinski definition) is 1. The van der Waals surface area contributed by atoms with E-state index < -0.39 is 0 Å². The number of rotatable bonds is 7. The van der Waals surface area contributed by atoms with Crippen molar-refractivity contribution in [3.63, 3.8) is 0 Å². The van der Waals surface area contributed by atoms with Crippen molar-refractivity contribution in [2.45, 2.75) is 57.5 Å². The van der Waals surface area contributed by atoms with E-state index in [4.69, 9.17) is 16.3 Å². The van der Waals surface area contributed by atoms with Crippen LogP contribution in [0.15, 0.2) is 23.6 Å². The van der Waals surface area contributed by atoms with Crippen LogP contribution in [0.3, 0.4) is 0 Å². The Kier molecular flexibility index (Phi) is 7.85. The van der Waals surface area contributed by atoms with Gasteiger partial charge in [-0.15, -0.1) is 11.6 Å². The lowest BCUT2D eigenvalue weighted by Gasteiger charge is -2.30. The number of alkyl halides is 1. The molecule has 1 N–H and O–H groups in total. The fourth-order valence-electron chi connectivity index (χ4n) is 2.82. The monoisotopic (exact) mass is 336 g/mol. The number of likely N-dealkylation sites (N-methyl/N-ethyl adjacent to an activating group) is 1. The van der Waals surface area contributed by atoms with Gasteiger partial charge in [0.05, 0.1) is 6.04 Å². The van der Waals surface area contributed by atoms with Crippen LogP contribution in [0.25, 0.3) is 0 Å². The second-order valence-corrected chi connectivity index (χ2v) is 6.76. The first-order chi connectivity index (χ1) is 11.2. The summed E-state index contributed by atoms with van der Waals surface area (Å²) in [6, 6.07) is 0.765. The highest BCUT2D eigenvalue weighted by molar-refractivity contribution is 6.17. The van der Waals surface area contributed by atoms with Crippen molar-refractivity contribution in [2.75, 3.05) is 26.1 Å². The molecule has 2 aliphatic heterocycles. The highest BCUT2D eigenvalue weighted by Crippen LogP contribution is 2.21. The Balaban J connectivity index is 1.85. The lowest BCUT2D eigenvalue weighted by atomic mass is 10.1. The van der Waals surface area contributed by atoms with E-state index in [1.165, 1.54) is 12.8 Å². The molecule has 4 heteroatoms. The van der Waals surface area contributed by atoms with Gasteiger partial charge in [-0.25, -0.2) is 0 Å². The number of unbranched alkanes of at least 4 members (excludes halogenated alkanes) is 3. The van der Waals surface area contributed by atoms with Gasteiger partial charge in [-0.1, -0.05) is 18.3 Å². The minimum atomic E-state index is 0.269. The fraction of sp³-hybridized carbons (Fsp3) is 0.684. The minimum Gasteiger partial charge on any atom is -0.494 e. The number of hydrogen-bond acceptors (Lipinski definition) is 3. The van der Waals surface area contributed by atoms with Crippen molar-refractivity contribution in [1.29, 1.82) is 0 Å². The summed E-state index contributed by atoms with van der Waals surface area (Å²) in [6.45, 7) is 4.03. The highest BCUT2D eigenvalue weighted by atomic mass is 35.5. The molecule has 0 bridgehead atoms. The van der Waals surface area contributed by atoms with Crippen molar-refractivity contribution in [3.8, 4) is 11.8 Å². The molecular formula is C19H29ClN2O. The summed E-state index contributed by atoms with van der Waals surface area (Å²) in [7, 11) is 2.08. The van der Waals surface area contributed by atoms with Gasteiger partial charge < -0.3 is 15.0 Å². The molecule has 1 unspecified atom stereocenters. The third kappa shape index (κ3) is 6.12. The molecule has 2 atom stereocenters. The summed E-state index contributed by atoms with van der Waals surface area (Å²) in [4.78, 5) is 2.18. The molecule has 23 heavy (non-hydrogen) atoms. The van der Waals surface area contributed by atoms with E-state index in [0.29, 0.717) is 6.04 Å². The van der Waals surface area contributed by atoms with E-state index in [2.05, 4.69) is 48.3 Å². The van der Waals surface area contributed by atoms with Gasteiger partial charge in [0.25, 0.3) is 0 Å². The largest absolute Gasteiger partial charge is 0.494 e. The molecule has 0 spiro atoms. The van der Waals surface area contributed by atoms with E-state index in [0.717, 1.165) is 56.0 Å². The van der Waals surface area contributed by atoms with Crippen molar-refractivity contribution in [3.05, 3.63) is 23.6 Å². The van der Waals surface area contributed by atoms with Crippen LogP contribution in [0.2, 0.25) is 0 Å². The lowest BCUT2D eigenvalue weighted by Crippen LogP contribution is -2.33. The number of allylic oxidation sites excluding steroid dienone is 2. The lowest BCUT2D eigenvalue weighted by molar-refractivity contribution is 0.144. The molecule has 2 heterocycles. The fourth-order valence-corrected chi connectivity index (χ4v) is 3.01. The van der Waals surface area contributed by atoms with E-state index in [-0.39, 0.29) is 6.04 Å². The minimum absolute atomic E-state index is 0.269. The zero-order valence-electron chi connectivity index (χ0n) is 14.4. The average Bonchev–Trinajstić information content (AvgIpc) is 3.06. The van der Waals surface area contributed by atoms with E-state index in [9.17, 15) is 0 Å². The molecule has 0 aromatic rings. The Bertz CT molecular complexity index is 483. The third-order valence-electron chi connectivity index (χ3n) is 4.44. The zero-order valence-corrected chi connectivity index (χ0v) is 15.2. The normalized spacial score (nSPS) is 23.9. The van der Waals surface area contributed by atoms with Crippen LogP contribution in [0.5, 0.6) is 0 Å². The van der Waals surface area contributed by atoms with Crippen molar-refractivity contribution in [1.82, 2.24) is 10.2 Å². The number of nitrogens with zero attached hydrogens (tertiary/aromatic N) is 1. The summed E-state index contributed by atoms with van der Waals surface area (Å²) in [5, 5.41) is 3.47. The molecule has 1 saturated heterocycles. The van der Waals surface area contributed by atoms with Crippen molar-refractivity contribution < 1.29 is 4.74 Å². The van der Waals surface area contributed by atoms with Gasteiger partial charge in [0.1, 0.15) is 12.4 Å². The summed E-state index contributed by atoms with van der Waals surface area (Å²) in [5.41, 5.74) is 1.04. The van der Waals surface area contributed by atoms with Crippen LogP contribution in [-0.2, 0) is 4.74 Å². The van der Waals surface area contributed by atoms with Gasteiger partial charge in [-0.2, -0.15) is 0 Å². The molecule has 0 aromatic carbocycles. The quantitative estimate of drug-likeness (QED) is 0.436. The van der Waals surface area contributed by atoms with Crippen LogP contribution in [-0.4, -0.2) is 43.1 Å². The second-order valence-electron chi connectivity index (χ2n) is 6.38. The molecule has 0 aliphatic carbocycles. The second kappa shape index (κ2) is 9.90. The van der Waals surface area contributed by atoms with Gasteiger partial charge in [-0.05, 0) is 45.2 Å². The third-order valence-corrected chi connectivity index (χ3v) is 4.71. The van der Waals surface area contributed by atoms with Gasteiger partial charge >= 0.3 is 0 Å². The summed E-state index contributed by atoms with van der Waals surface area (Å²) in [5.74, 6) is 8.31. The summed E-state index contributed by atoms with van der Waals surface area (Å²) >= 11 is 5.68. The number of ether oxygens (including phenoxy) is 1. The van der Waals surface area contributed by atoms with Crippen LogP contribution in [0.4, 0.5) is 0 Å². The Morgan fingerprint density at radius 3 is 3.00 bits per heavy atom. The SMILES string of the molecule is CC1C(OC[C@@H]2CCCN2)=CC(C#CCCCCCCl)=CN1C. The average molecular weight is 337 g/mol. The van der Waals surface area contributed by atoms with E-state index in [1.807, 2.05) is 0 Å². The first-order valence-corrected chi connectivity index (χ1v) is 9.30. The molecular weight excluding hydrogens is 308 g/mol. The topological polar surface area (TPSA) is 24.5 Å². The molecule has 128 valence electrons. The summed E-state index contributed by atoms with van der Waals surface area (Å²) in [6.07, 6.45) is 11.0. The molecule has 2 rings (SSSR count). The Hall–Kier alpha value is -1.11. The Morgan fingerprint density at radius 1 is 1.39 bits per heavy atom. The summed E-state index contributed by atoms with van der Waals surface area (Å²) < 4.78 is 6.07. The van der Waals surface area contributed by atoms with Crippen molar-refractivity contribution in [2.24, 2.45) is 0 Å². The predicted octanol–water partition coefficient (Wildman–Crippen LogP) is 3.66. The van der Waals surface area contributed by atoms with Gasteiger partial charge in [0.2, 0.25) is 0 Å². The van der Waals surface area contributed by atoms with Crippen LogP contribution < -0.4 is 5.32 Å². The van der Waals surface area contributed by atoms with Crippen molar-refractivity contribution >= 4 is 11.6 Å². The maximum atomic E-state index is 6.07. The molecule has 0 saturated carbocycles. The van der Waals surface area contributed by atoms with E-state index >= 15 is 0 Å². The van der Waals surface area contributed by atoms with Gasteiger partial charge in [0, 0.05) is 37.2 Å². The van der Waals surface area contributed by atoms with Crippen LogP contribution >= 0.6 is 11.6 Å². The Morgan fingerprint density at radius 2 is 2.26 bits per heavy atom. The molecule has 0 aromatic heterocycles. The molecule has 2 aliphatic rings. The first kappa shape index (κ1) is 18.2. The van der Waals surface area contributed by atoms with Crippen LogP contribution in [0.1, 0.15) is 45.4 Å². The zero-order chi connectivity index (χ0) is 16.5. The van der Waals surface area contributed by atoms with Crippen LogP contribution in [0, 0.1) is 11.8 Å². The molecule has 0 radical (unpaired) electrons. The smallest absolute Gasteiger partial charge is 0.119 e. The molecule has 1 fully saturated rings. The van der Waals surface area contributed by atoms with Gasteiger partial charge in [0.15, 0.2) is 0 Å². The molecule has 0 amide bonds. The molecule has 3 nitrogen and oxygen atoms in total. The first-order valence-electron chi connectivity index (χ1n) is 8.77. The standard InChI is InChI=1S/C19H29ClN2O/c1-16-19(23-15-18-10-8-12-21-18)13-17(14-22(16)2)9-6-4-3-5-7-11-20/h13-14,16,18,21H,3-5,7-8,10-12,15H2,1-2H3/t16?,18-/m0/s1. The maximum Gasteiger partial charge on any atom is 0.119 e. The predicted molar refractivity (Wildman–Crippen MR) is 97.3 cm³/mol.